The van der Waals surface area contributed by atoms with Gasteiger partial charge < -0.3 is 10.1 Å². The van der Waals surface area contributed by atoms with Crippen LogP contribution in [0.4, 0.5) is 0 Å². The number of methoxy groups -OCH3 is 1. The van der Waals surface area contributed by atoms with E-state index < -0.39 is 0 Å². The summed E-state index contributed by atoms with van der Waals surface area (Å²) in [6, 6.07) is 1.43. The summed E-state index contributed by atoms with van der Waals surface area (Å²) in [5.74, 6) is 0.923. The molecule has 3 rings (SSSR count). The van der Waals surface area contributed by atoms with E-state index in [0.29, 0.717) is 17.7 Å². The fraction of sp³-hybridized carbons (Fsp3) is 1.00. The Kier molecular flexibility index (Phi) is 3.41. The van der Waals surface area contributed by atoms with Gasteiger partial charge in [0, 0.05) is 37.8 Å². The molecule has 3 heteroatoms. The van der Waals surface area contributed by atoms with Crippen molar-refractivity contribution in [2.75, 3.05) is 20.2 Å². The fourth-order valence-electron chi connectivity index (χ4n) is 4.00. The van der Waals surface area contributed by atoms with Crippen molar-refractivity contribution < 1.29 is 4.74 Å². The molecule has 3 fully saturated rings. The molecule has 1 saturated heterocycles. The summed E-state index contributed by atoms with van der Waals surface area (Å²) < 4.78 is 5.54. The number of hydrogen-bond acceptors (Lipinski definition) is 3. The third kappa shape index (κ3) is 2.33. The van der Waals surface area contributed by atoms with E-state index >= 15 is 0 Å². The summed E-state index contributed by atoms with van der Waals surface area (Å²) in [4.78, 5) is 2.77. The largest absolute Gasteiger partial charge is 0.381 e. The van der Waals surface area contributed by atoms with Crippen molar-refractivity contribution in [2.24, 2.45) is 5.92 Å². The monoisotopic (exact) mass is 252 g/mol. The minimum atomic E-state index is 0.373. The first kappa shape index (κ1) is 12.9. The molecule has 3 nitrogen and oxygen atoms in total. The average molecular weight is 252 g/mol. The molecule has 104 valence electrons. The van der Waals surface area contributed by atoms with Crippen molar-refractivity contribution >= 4 is 0 Å². The lowest BCUT2D eigenvalue weighted by molar-refractivity contribution is 0.0375. The number of nitrogens with zero attached hydrogens (tertiary/aromatic N) is 1. The average Bonchev–Trinajstić information content (AvgIpc) is 3.12. The number of ether oxygens (including phenoxy) is 1. The highest BCUT2D eigenvalue weighted by Gasteiger charge is 2.47. The zero-order chi connectivity index (χ0) is 12.8. The van der Waals surface area contributed by atoms with E-state index in [1.54, 1.807) is 0 Å². The SMILES string of the molecule is COC1CCC(N2CC(C)(C3CC3)NCC2C)C1. The van der Waals surface area contributed by atoms with E-state index in [-0.39, 0.29) is 0 Å². The Bertz CT molecular complexity index is 305. The maximum atomic E-state index is 5.54. The minimum Gasteiger partial charge on any atom is -0.381 e. The van der Waals surface area contributed by atoms with Gasteiger partial charge in [-0.15, -0.1) is 0 Å². The lowest BCUT2D eigenvalue weighted by Crippen LogP contribution is -2.65. The van der Waals surface area contributed by atoms with E-state index in [4.69, 9.17) is 4.74 Å². The molecule has 1 aliphatic heterocycles. The zero-order valence-electron chi connectivity index (χ0n) is 12.1. The topological polar surface area (TPSA) is 24.5 Å². The van der Waals surface area contributed by atoms with E-state index in [2.05, 4.69) is 24.1 Å². The van der Waals surface area contributed by atoms with Crippen LogP contribution in [0.3, 0.4) is 0 Å². The molecule has 1 heterocycles. The van der Waals surface area contributed by atoms with Gasteiger partial charge in [-0.3, -0.25) is 4.90 Å². The van der Waals surface area contributed by atoms with Gasteiger partial charge >= 0.3 is 0 Å². The predicted octanol–water partition coefficient (Wildman–Crippen LogP) is 2.02. The van der Waals surface area contributed by atoms with Gasteiger partial charge in [0.1, 0.15) is 0 Å². The summed E-state index contributed by atoms with van der Waals surface area (Å²) in [5, 5.41) is 3.81. The van der Waals surface area contributed by atoms with Crippen molar-refractivity contribution in [1.82, 2.24) is 10.2 Å². The molecule has 2 saturated carbocycles. The van der Waals surface area contributed by atoms with E-state index in [1.165, 1.54) is 38.6 Å². The van der Waals surface area contributed by atoms with Crippen LogP contribution >= 0.6 is 0 Å². The molecule has 2 aliphatic carbocycles. The van der Waals surface area contributed by atoms with Crippen molar-refractivity contribution in [3.8, 4) is 0 Å². The maximum absolute atomic E-state index is 5.54. The summed E-state index contributed by atoms with van der Waals surface area (Å²) in [6.07, 6.45) is 7.17. The first-order valence-corrected chi connectivity index (χ1v) is 7.66. The molecule has 18 heavy (non-hydrogen) atoms. The van der Waals surface area contributed by atoms with Crippen LogP contribution in [0.5, 0.6) is 0 Å². The maximum Gasteiger partial charge on any atom is 0.0586 e. The Morgan fingerprint density at radius 3 is 2.61 bits per heavy atom. The predicted molar refractivity (Wildman–Crippen MR) is 73.7 cm³/mol. The molecule has 0 aromatic heterocycles. The molecule has 0 amide bonds. The Morgan fingerprint density at radius 1 is 1.22 bits per heavy atom. The molecular formula is C15H28N2O. The number of hydrogen-bond donors (Lipinski definition) is 1. The highest BCUT2D eigenvalue weighted by Crippen LogP contribution is 2.42. The Hall–Kier alpha value is -0.120. The molecule has 0 bridgehead atoms. The normalized spacial score (nSPS) is 46.5. The van der Waals surface area contributed by atoms with Crippen LogP contribution in [0.25, 0.3) is 0 Å². The highest BCUT2D eigenvalue weighted by atomic mass is 16.5. The standard InChI is InChI=1S/C15H28N2O/c1-11-9-16-15(2,12-4-5-12)10-17(11)13-6-7-14(8-13)18-3/h11-14,16H,4-10H2,1-3H3. The Balaban J connectivity index is 1.66. The van der Waals surface area contributed by atoms with Crippen molar-refractivity contribution in [3.63, 3.8) is 0 Å². The first-order valence-electron chi connectivity index (χ1n) is 7.66. The number of nitrogens with one attached hydrogen (secondary N) is 1. The van der Waals surface area contributed by atoms with Crippen molar-refractivity contribution in [2.45, 2.75) is 69.7 Å². The molecule has 0 aromatic carbocycles. The Morgan fingerprint density at radius 2 is 2.00 bits per heavy atom. The summed E-state index contributed by atoms with van der Waals surface area (Å²) in [7, 11) is 1.86. The van der Waals surface area contributed by atoms with Crippen LogP contribution in [0, 0.1) is 5.92 Å². The van der Waals surface area contributed by atoms with Gasteiger partial charge in [0.15, 0.2) is 0 Å². The number of piperazine rings is 1. The first-order chi connectivity index (χ1) is 8.62. The third-order valence-electron chi connectivity index (χ3n) is 5.52. The molecule has 0 spiro atoms. The quantitative estimate of drug-likeness (QED) is 0.831. The third-order valence-corrected chi connectivity index (χ3v) is 5.52. The van der Waals surface area contributed by atoms with Crippen LogP contribution in [0.2, 0.25) is 0 Å². The van der Waals surface area contributed by atoms with Crippen molar-refractivity contribution in [1.29, 1.82) is 0 Å². The molecule has 4 unspecified atom stereocenters. The molecular weight excluding hydrogens is 224 g/mol. The smallest absolute Gasteiger partial charge is 0.0586 e. The lowest BCUT2D eigenvalue weighted by atomic mass is 9.90. The molecule has 3 aliphatic rings. The van der Waals surface area contributed by atoms with Crippen molar-refractivity contribution in [3.05, 3.63) is 0 Å². The van der Waals surface area contributed by atoms with E-state index in [0.717, 1.165) is 18.5 Å². The Labute approximate surface area is 111 Å². The van der Waals surface area contributed by atoms with E-state index in [9.17, 15) is 0 Å². The second-order valence-electron chi connectivity index (χ2n) is 6.92. The summed E-state index contributed by atoms with van der Waals surface area (Å²) in [6.45, 7) is 7.20. The van der Waals surface area contributed by atoms with Gasteiger partial charge in [-0.05, 0) is 51.9 Å². The fourth-order valence-corrected chi connectivity index (χ4v) is 4.00. The second kappa shape index (κ2) is 4.77. The lowest BCUT2D eigenvalue weighted by Gasteiger charge is -2.48. The van der Waals surface area contributed by atoms with E-state index in [1.807, 2.05) is 7.11 Å². The minimum absolute atomic E-state index is 0.373. The molecule has 0 aromatic rings. The van der Waals surface area contributed by atoms with Crippen LogP contribution < -0.4 is 5.32 Å². The second-order valence-corrected chi connectivity index (χ2v) is 6.92. The van der Waals surface area contributed by atoms with Crippen LogP contribution in [0.1, 0.15) is 46.0 Å². The van der Waals surface area contributed by atoms with Gasteiger partial charge in [0.2, 0.25) is 0 Å². The molecule has 4 atom stereocenters. The van der Waals surface area contributed by atoms with Crippen LogP contribution in [-0.4, -0.2) is 48.8 Å². The summed E-state index contributed by atoms with van der Waals surface area (Å²) in [5.41, 5.74) is 0.373. The highest BCUT2D eigenvalue weighted by molar-refractivity contribution is 5.05. The number of rotatable bonds is 3. The summed E-state index contributed by atoms with van der Waals surface area (Å²) >= 11 is 0. The van der Waals surface area contributed by atoms with Crippen LogP contribution in [-0.2, 0) is 4.74 Å². The van der Waals surface area contributed by atoms with Gasteiger partial charge in [-0.1, -0.05) is 0 Å². The molecule has 0 radical (unpaired) electrons. The van der Waals surface area contributed by atoms with Gasteiger partial charge in [-0.25, -0.2) is 0 Å². The molecule has 1 N–H and O–H groups in total. The van der Waals surface area contributed by atoms with Crippen LogP contribution in [0.15, 0.2) is 0 Å². The zero-order valence-corrected chi connectivity index (χ0v) is 12.1. The van der Waals surface area contributed by atoms with Gasteiger partial charge in [0.25, 0.3) is 0 Å². The van der Waals surface area contributed by atoms with Gasteiger partial charge in [-0.2, -0.15) is 0 Å². The van der Waals surface area contributed by atoms with Gasteiger partial charge in [0.05, 0.1) is 6.10 Å².